The molecular formula is C22H13F2N3O2. The van der Waals surface area contributed by atoms with Gasteiger partial charge in [-0.15, -0.1) is 0 Å². The maximum atomic E-state index is 14.8. The lowest BCUT2D eigenvalue weighted by Gasteiger charge is -2.11. The van der Waals surface area contributed by atoms with Crippen molar-refractivity contribution in [3.05, 3.63) is 94.9 Å². The standard InChI is InChI=1S/C22H13F2N3O2/c23-18-8-14(15-7-13-5-6-29-21(13)25-10-15)9-19(24)17(18)11-27-12-26-20-4-2-1-3-16(20)22(27)28/h1-10,12H,11H2. The fourth-order valence-corrected chi connectivity index (χ4v) is 3.33. The van der Waals surface area contributed by atoms with Crippen LogP contribution in [0.3, 0.4) is 0 Å². The molecule has 29 heavy (non-hydrogen) atoms. The molecule has 0 spiro atoms. The lowest BCUT2D eigenvalue weighted by molar-refractivity contribution is 0.541. The highest BCUT2D eigenvalue weighted by Gasteiger charge is 2.15. The zero-order chi connectivity index (χ0) is 20.0. The highest BCUT2D eigenvalue weighted by Crippen LogP contribution is 2.27. The van der Waals surface area contributed by atoms with Crippen LogP contribution in [-0.2, 0) is 6.54 Å². The van der Waals surface area contributed by atoms with E-state index in [4.69, 9.17) is 4.42 Å². The molecule has 0 aliphatic heterocycles. The Morgan fingerprint density at radius 1 is 0.966 bits per heavy atom. The van der Waals surface area contributed by atoms with Crippen LogP contribution in [0.25, 0.3) is 33.1 Å². The van der Waals surface area contributed by atoms with Gasteiger partial charge >= 0.3 is 0 Å². The van der Waals surface area contributed by atoms with Gasteiger partial charge in [-0.3, -0.25) is 9.36 Å². The van der Waals surface area contributed by atoms with E-state index in [2.05, 4.69) is 9.97 Å². The molecule has 2 aromatic carbocycles. The predicted octanol–water partition coefficient (Wildman–Crippen LogP) is 4.53. The lowest BCUT2D eigenvalue weighted by Crippen LogP contribution is -2.22. The van der Waals surface area contributed by atoms with Crippen molar-refractivity contribution in [2.24, 2.45) is 0 Å². The molecule has 5 rings (SSSR count). The Kier molecular flexibility index (Phi) is 3.94. The van der Waals surface area contributed by atoms with Gasteiger partial charge in [0.15, 0.2) is 0 Å². The highest BCUT2D eigenvalue weighted by molar-refractivity contribution is 5.80. The van der Waals surface area contributed by atoms with Gasteiger partial charge in [-0.05, 0) is 42.0 Å². The summed E-state index contributed by atoms with van der Waals surface area (Å²) in [6.07, 6.45) is 4.30. The molecule has 0 aliphatic rings. The molecule has 0 amide bonds. The Bertz CT molecular complexity index is 1420. The third-order valence-electron chi connectivity index (χ3n) is 4.84. The molecule has 142 valence electrons. The van der Waals surface area contributed by atoms with Gasteiger partial charge in [0.05, 0.1) is 30.0 Å². The van der Waals surface area contributed by atoms with Gasteiger partial charge in [-0.25, -0.2) is 18.7 Å². The number of fused-ring (bicyclic) bond motifs is 2. The van der Waals surface area contributed by atoms with Crippen LogP contribution in [0.2, 0.25) is 0 Å². The van der Waals surface area contributed by atoms with Crippen molar-refractivity contribution in [2.75, 3.05) is 0 Å². The minimum Gasteiger partial charge on any atom is -0.446 e. The van der Waals surface area contributed by atoms with Crippen molar-refractivity contribution in [1.29, 1.82) is 0 Å². The molecule has 0 aliphatic carbocycles. The summed E-state index contributed by atoms with van der Waals surface area (Å²) in [6.45, 7) is -0.256. The van der Waals surface area contributed by atoms with E-state index in [-0.39, 0.29) is 17.7 Å². The quantitative estimate of drug-likeness (QED) is 0.455. The summed E-state index contributed by atoms with van der Waals surface area (Å²) in [4.78, 5) is 20.9. The zero-order valence-corrected chi connectivity index (χ0v) is 15.0. The maximum Gasteiger partial charge on any atom is 0.261 e. The van der Waals surface area contributed by atoms with Gasteiger partial charge < -0.3 is 4.42 Å². The van der Waals surface area contributed by atoms with E-state index in [1.54, 1.807) is 36.4 Å². The number of halogens is 2. The Labute approximate surface area is 162 Å². The second-order valence-corrected chi connectivity index (χ2v) is 6.65. The molecule has 0 radical (unpaired) electrons. The lowest BCUT2D eigenvalue weighted by atomic mass is 10.0. The maximum absolute atomic E-state index is 14.8. The predicted molar refractivity (Wildman–Crippen MR) is 104 cm³/mol. The largest absolute Gasteiger partial charge is 0.446 e. The van der Waals surface area contributed by atoms with Crippen LogP contribution in [-0.4, -0.2) is 14.5 Å². The Morgan fingerprint density at radius 3 is 2.59 bits per heavy atom. The zero-order valence-electron chi connectivity index (χ0n) is 15.0. The number of rotatable bonds is 3. The molecule has 0 saturated heterocycles. The van der Waals surface area contributed by atoms with Crippen molar-refractivity contribution in [2.45, 2.75) is 6.54 Å². The molecule has 0 N–H and O–H groups in total. The number of aromatic nitrogens is 3. The number of nitrogens with zero attached hydrogens (tertiary/aromatic N) is 3. The monoisotopic (exact) mass is 389 g/mol. The van der Waals surface area contributed by atoms with Crippen LogP contribution in [0, 0.1) is 11.6 Å². The molecule has 0 saturated carbocycles. The van der Waals surface area contributed by atoms with E-state index in [1.165, 1.54) is 35.5 Å². The van der Waals surface area contributed by atoms with Crippen LogP contribution >= 0.6 is 0 Å². The second-order valence-electron chi connectivity index (χ2n) is 6.65. The third-order valence-corrected chi connectivity index (χ3v) is 4.84. The van der Waals surface area contributed by atoms with Crippen LogP contribution < -0.4 is 5.56 Å². The fraction of sp³-hybridized carbons (Fsp3) is 0.0455. The van der Waals surface area contributed by atoms with Crippen LogP contribution in [0.1, 0.15) is 5.56 Å². The minimum absolute atomic E-state index is 0.203. The number of furan rings is 1. The van der Waals surface area contributed by atoms with Gasteiger partial charge in [0.25, 0.3) is 5.56 Å². The number of para-hydroxylation sites is 1. The number of pyridine rings is 1. The van der Waals surface area contributed by atoms with E-state index in [0.29, 0.717) is 27.7 Å². The average Bonchev–Trinajstić information content (AvgIpc) is 3.20. The fourth-order valence-electron chi connectivity index (χ4n) is 3.33. The van der Waals surface area contributed by atoms with Crippen molar-refractivity contribution in [3.8, 4) is 11.1 Å². The molecule has 5 nitrogen and oxygen atoms in total. The van der Waals surface area contributed by atoms with Crippen LogP contribution in [0.15, 0.2) is 76.5 Å². The van der Waals surface area contributed by atoms with Crippen LogP contribution in [0.5, 0.6) is 0 Å². The Hall–Kier alpha value is -3.87. The average molecular weight is 389 g/mol. The minimum atomic E-state index is -0.743. The Morgan fingerprint density at radius 2 is 1.76 bits per heavy atom. The summed E-state index contributed by atoms with van der Waals surface area (Å²) in [7, 11) is 0. The summed E-state index contributed by atoms with van der Waals surface area (Å²) in [5.74, 6) is -1.49. The first kappa shape index (κ1) is 17.2. The van der Waals surface area contributed by atoms with Gasteiger partial charge in [-0.1, -0.05) is 12.1 Å². The van der Waals surface area contributed by atoms with Crippen LogP contribution in [0.4, 0.5) is 8.78 Å². The summed E-state index contributed by atoms with van der Waals surface area (Å²) in [5.41, 5.74) is 1.34. The summed E-state index contributed by atoms with van der Waals surface area (Å²) in [6, 6.07) is 12.8. The molecule has 0 fully saturated rings. The molecule has 0 unspecified atom stereocenters. The van der Waals surface area contributed by atoms with Crippen molar-refractivity contribution >= 4 is 22.0 Å². The molecule has 3 aromatic heterocycles. The topological polar surface area (TPSA) is 60.9 Å². The van der Waals surface area contributed by atoms with Crippen molar-refractivity contribution < 1.29 is 13.2 Å². The van der Waals surface area contributed by atoms with E-state index >= 15 is 0 Å². The summed E-state index contributed by atoms with van der Waals surface area (Å²) >= 11 is 0. The second kappa shape index (κ2) is 6.63. The molecule has 3 heterocycles. The summed E-state index contributed by atoms with van der Waals surface area (Å²) < 4.78 is 35.9. The third kappa shape index (κ3) is 2.97. The van der Waals surface area contributed by atoms with E-state index in [1.807, 2.05) is 0 Å². The van der Waals surface area contributed by atoms with Gasteiger partial charge in [0.1, 0.15) is 11.6 Å². The molecule has 7 heteroatoms. The molecule has 0 bridgehead atoms. The van der Waals surface area contributed by atoms with E-state index in [0.717, 1.165) is 5.39 Å². The van der Waals surface area contributed by atoms with Crippen molar-refractivity contribution in [3.63, 3.8) is 0 Å². The summed E-state index contributed by atoms with van der Waals surface area (Å²) in [5, 5.41) is 1.13. The molecule has 5 aromatic rings. The van der Waals surface area contributed by atoms with Gasteiger partial charge in [0.2, 0.25) is 5.71 Å². The van der Waals surface area contributed by atoms with Gasteiger partial charge in [-0.2, -0.15) is 0 Å². The molecular weight excluding hydrogens is 376 g/mol. The molecule has 0 atom stereocenters. The Balaban J connectivity index is 1.55. The van der Waals surface area contributed by atoms with E-state index in [9.17, 15) is 13.6 Å². The highest BCUT2D eigenvalue weighted by atomic mass is 19.1. The number of hydrogen-bond acceptors (Lipinski definition) is 4. The first-order chi connectivity index (χ1) is 14.1. The first-order valence-corrected chi connectivity index (χ1v) is 8.86. The normalized spacial score (nSPS) is 11.4. The van der Waals surface area contributed by atoms with Crippen molar-refractivity contribution in [1.82, 2.24) is 14.5 Å². The van der Waals surface area contributed by atoms with Gasteiger partial charge in [0, 0.05) is 22.7 Å². The SMILES string of the molecule is O=c1c2ccccc2ncn1Cc1c(F)cc(-c2cnc3occc3c2)cc1F. The number of benzene rings is 2. The smallest absolute Gasteiger partial charge is 0.261 e. The number of hydrogen-bond donors (Lipinski definition) is 0. The van der Waals surface area contributed by atoms with E-state index < -0.39 is 11.6 Å². The first-order valence-electron chi connectivity index (χ1n) is 8.86.